The quantitative estimate of drug-likeness (QED) is 0.664. The Morgan fingerprint density at radius 1 is 1.53 bits per heavy atom. The standard InChI is InChI=1S/C10H15FN4O3S/c1-2-13-9-8(5-7(11)6-15-9)10(16)14-3-4-19(12,17)18/h5-6H,2-4H2,1H3,(H,13,15)(H,14,16)(H2,12,17,18). The van der Waals surface area contributed by atoms with E-state index in [1.165, 1.54) is 0 Å². The average Bonchev–Trinajstić information content (AvgIpc) is 2.30. The van der Waals surface area contributed by atoms with Gasteiger partial charge < -0.3 is 10.6 Å². The van der Waals surface area contributed by atoms with Crippen LogP contribution in [-0.2, 0) is 10.0 Å². The second-order valence-corrected chi connectivity index (χ2v) is 5.44. The molecule has 0 atom stereocenters. The van der Waals surface area contributed by atoms with Crippen LogP contribution in [0.1, 0.15) is 17.3 Å². The highest BCUT2D eigenvalue weighted by Crippen LogP contribution is 2.13. The second-order valence-electron chi connectivity index (χ2n) is 3.70. The van der Waals surface area contributed by atoms with Crippen molar-refractivity contribution in [3.8, 4) is 0 Å². The number of anilines is 1. The first kappa shape index (κ1) is 15.3. The highest BCUT2D eigenvalue weighted by Gasteiger charge is 2.14. The molecular weight excluding hydrogens is 275 g/mol. The number of nitrogens with one attached hydrogen (secondary N) is 2. The minimum atomic E-state index is -3.65. The van der Waals surface area contributed by atoms with Crippen molar-refractivity contribution in [3.63, 3.8) is 0 Å². The molecule has 1 amide bonds. The molecule has 0 aromatic carbocycles. The number of pyridine rings is 1. The predicted octanol–water partition coefficient (Wildman–Crippen LogP) is -0.329. The van der Waals surface area contributed by atoms with Crippen molar-refractivity contribution in [1.82, 2.24) is 10.3 Å². The van der Waals surface area contributed by atoms with E-state index in [2.05, 4.69) is 15.6 Å². The topological polar surface area (TPSA) is 114 Å². The molecule has 0 saturated carbocycles. The molecule has 106 valence electrons. The number of amides is 1. The average molecular weight is 290 g/mol. The normalized spacial score (nSPS) is 11.1. The van der Waals surface area contributed by atoms with Crippen LogP contribution in [-0.4, -0.2) is 38.2 Å². The fourth-order valence-corrected chi connectivity index (χ4v) is 1.71. The molecule has 0 radical (unpaired) electrons. The van der Waals surface area contributed by atoms with Crippen molar-refractivity contribution in [2.24, 2.45) is 5.14 Å². The van der Waals surface area contributed by atoms with Crippen molar-refractivity contribution < 1.29 is 17.6 Å². The first-order chi connectivity index (χ1) is 8.83. The molecular formula is C10H15FN4O3S. The maximum absolute atomic E-state index is 13.1. The van der Waals surface area contributed by atoms with Gasteiger partial charge in [0.1, 0.15) is 11.6 Å². The molecule has 1 aromatic rings. The number of halogens is 1. The molecule has 4 N–H and O–H groups in total. The lowest BCUT2D eigenvalue weighted by molar-refractivity contribution is 0.0956. The number of hydrogen-bond acceptors (Lipinski definition) is 5. The zero-order chi connectivity index (χ0) is 14.5. The largest absolute Gasteiger partial charge is 0.370 e. The zero-order valence-corrected chi connectivity index (χ0v) is 11.1. The molecule has 0 fully saturated rings. The molecule has 7 nitrogen and oxygen atoms in total. The lowest BCUT2D eigenvalue weighted by atomic mass is 10.2. The highest BCUT2D eigenvalue weighted by atomic mass is 32.2. The third-order valence-corrected chi connectivity index (χ3v) is 2.89. The van der Waals surface area contributed by atoms with Crippen molar-refractivity contribution in [3.05, 3.63) is 23.6 Å². The summed E-state index contributed by atoms with van der Waals surface area (Å²) in [6.45, 7) is 2.16. The summed E-state index contributed by atoms with van der Waals surface area (Å²) in [5.74, 6) is -1.43. The summed E-state index contributed by atoms with van der Waals surface area (Å²) in [6.07, 6.45) is 0.985. The number of sulfonamides is 1. The van der Waals surface area contributed by atoms with Gasteiger partial charge >= 0.3 is 0 Å². The van der Waals surface area contributed by atoms with Gasteiger partial charge in [-0.25, -0.2) is 22.9 Å². The van der Waals surface area contributed by atoms with Crippen LogP contribution in [0.2, 0.25) is 0 Å². The number of primary sulfonamides is 1. The molecule has 0 spiro atoms. The van der Waals surface area contributed by atoms with E-state index in [0.717, 1.165) is 12.3 Å². The Hall–Kier alpha value is -1.74. The van der Waals surface area contributed by atoms with Gasteiger partial charge in [-0.05, 0) is 13.0 Å². The van der Waals surface area contributed by atoms with Crippen molar-refractivity contribution in [2.75, 3.05) is 24.2 Å². The summed E-state index contributed by atoms with van der Waals surface area (Å²) in [5.41, 5.74) is 0.0104. The van der Waals surface area contributed by atoms with Crippen LogP contribution in [0.4, 0.5) is 10.2 Å². The predicted molar refractivity (Wildman–Crippen MR) is 68.7 cm³/mol. The SMILES string of the molecule is CCNc1ncc(F)cc1C(=O)NCCS(N)(=O)=O. The van der Waals surface area contributed by atoms with Crippen LogP contribution in [0.25, 0.3) is 0 Å². The van der Waals surface area contributed by atoms with Gasteiger partial charge in [-0.3, -0.25) is 4.79 Å². The van der Waals surface area contributed by atoms with E-state index >= 15 is 0 Å². The molecule has 0 aliphatic carbocycles. The van der Waals surface area contributed by atoms with Crippen LogP contribution in [0, 0.1) is 5.82 Å². The number of hydrogen-bond donors (Lipinski definition) is 3. The van der Waals surface area contributed by atoms with Gasteiger partial charge in [-0.15, -0.1) is 0 Å². The molecule has 1 heterocycles. The van der Waals surface area contributed by atoms with Crippen molar-refractivity contribution >= 4 is 21.7 Å². The lowest BCUT2D eigenvalue weighted by Crippen LogP contribution is -2.32. The van der Waals surface area contributed by atoms with Gasteiger partial charge in [0.15, 0.2) is 0 Å². The summed E-state index contributed by atoms with van der Waals surface area (Å²) < 4.78 is 34.5. The summed E-state index contributed by atoms with van der Waals surface area (Å²) >= 11 is 0. The molecule has 1 rings (SSSR count). The molecule has 0 aliphatic rings. The zero-order valence-electron chi connectivity index (χ0n) is 10.3. The highest BCUT2D eigenvalue weighted by molar-refractivity contribution is 7.89. The van der Waals surface area contributed by atoms with Crippen molar-refractivity contribution in [1.29, 1.82) is 0 Å². The summed E-state index contributed by atoms with van der Waals surface area (Å²) in [6, 6.07) is 1.03. The van der Waals surface area contributed by atoms with Crippen LogP contribution >= 0.6 is 0 Å². The van der Waals surface area contributed by atoms with Gasteiger partial charge in [0, 0.05) is 13.1 Å². The van der Waals surface area contributed by atoms with Crippen LogP contribution in [0.15, 0.2) is 12.3 Å². The second kappa shape index (κ2) is 6.43. The van der Waals surface area contributed by atoms with Gasteiger partial charge in [0.25, 0.3) is 5.91 Å². The number of nitrogens with zero attached hydrogens (tertiary/aromatic N) is 1. The Balaban J connectivity index is 2.78. The van der Waals surface area contributed by atoms with Crippen LogP contribution < -0.4 is 15.8 Å². The van der Waals surface area contributed by atoms with Gasteiger partial charge in [-0.2, -0.15) is 0 Å². The summed E-state index contributed by atoms with van der Waals surface area (Å²) in [4.78, 5) is 15.5. The molecule has 0 unspecified atom stereocenters. The van der Waals surface area contributed by atoms with E-state index in [1.807, 2.05) is 0 Å². The summed E-state index contributed by atoms with van der Waals surface area (Å²) in [7, 11) is -3.65. The molecule has 9 heteroatoms. The van der Waals surface area contributed by atoms with E-state index in [-0.39, 0.29) is 17.9 Å². The van der Waals surface area contributed by atoms with Gasteiger partial charge in [0.2, 0.25) is 10.0 Å². The third kappa shape index (κ3) is 5.18. The van der Waals surface area contributed by atoms with Crippen LogP contribution in [0.5, 0.6) is 0 Å². The summed E-state index contributed by atoms with van der Waals surface area (Å²) in [5, 5.41) is 9.94. The number of carbonyl (C=O) groups is 1. The fraction of sp³-hybridized carbons (Fsp3) is 0.400. The smallest absolute Gasteiger partial charge is 0.255 e. The lowest BCUT2D eigenvalue weighted by Gasteiger charge is -2.09. The Labute approximate surface area is 110 Å². The van der Waals surface area contributed by atoms with E-state index in [4.69, 9.17) is 5.14 Å². The maximum atomic E-state index is 13.1. The Morgan fingerprint density at radius 2 is 2.21 bits per heavy atom. The fourth-order valence-electron chi connectivity index (χ4n) is 1.32. The molecule has 0 bridgehead atoms. The molecule has 0 saturated heterocycles. The van der Waals surface area contributed by atoms with Gasteiger partial charge in [0.05, 0.1) is 17.5 Å². The Morgan fingerprint density at radius 3 is 2.79 bits per heavy atom. The Bertz CT molecular complexity index is 562. The number of carbonyl (C=O) groups excluding carboxylic acids is 1. The van der Waals surface area contributed by atoms with E-state index in [1.54, 1.807) is 6.92 Å². The van der Waals surface area contributed by atoms with E-state index in [0.29, 0.717) is 6.54 Å². The minimum Gasteiger partial charge on any atom is -0.370 e. The maximum Gasteiger partial charge on any atom is 0.255 e. The first-order valence-corrected chi connectivity index (χ1v) is 7.23. The van der Waals surface area contributed by atoms with Gasteiger partial charge in [-0.1, -0.05) is 0 Å². The monoisotopic (exact) mass is 290 g/mol. The van der Waals surface area contributed by atoms with Crippen LogP contribution in [0.3, 0.4) is 0 Å². The molecule has 1 aromatic heterocycles. The number of aromatic nitrogens is 1. The van der Waals surface area contributed by atoms with Crippen molar-refractivity contribution in [2.45, 2.75) is 6.92 Å². The van der Waals surface area contributed by atoms with E-state index in [9.17, 15) is 17.6 Å². The first-order valence-electron chi connectivity index (χ1n) is 5.51. The number of rotatable bonds is 6. The molecule has 0 aliphatic heterocycles. The molecule has 19 heavy (non-hydrogen) atoms. The third-order valence-electron chi connectivity index (χ3n) is 2.12. The number of nitrogens with two attached hydrogens (primary N) is 1. The Kier molecular flexibility index (Phi) is 5.19. The minimum absolute atomic E-state index is 0.0104. The van der Waals surface area contributed by atoms with E-state index < -0.39 is 27.5 Å².